The normalized spacial score (nSPS) is 25.6. The number of rotatable bonds is 4. The average Bonchev–Trinajstić information content (AvgIpc) is 2.37. The molecule has 1 fully saturated rings. The van der Waals surface area contributed by atoms with Crippen molar-refractivity contribution < 1.29 is 0 Å². The predicted octanol–water partition coefficient (Wildman–Crippen LogP) is 4.01. The largest absolute Gasteiger partial charge is 0.308 e. The van der Waals surface area contributed by atoms with E-state index in [0.29, 0.717) is 6.04 Å². The van der Waals surface area contributed by atoms with Gasteiger partial charge in [0.05, 0.1) is 0 Å². The zero-order valence-corrected chi connectivity index (χ0v) is 14.3. The molecule has 1 aliphatic rings. The van der Waals surface area contributed by atoms with Crippen LogP contribution in [0.2, 0.25) is 0 Å². The average molecular weight is 287 g/mol. The number of hydrogen-bond acceptors (Lipinski definition) is 2. The number of nitrogens with zero attached hydrogens (tertiary/aromatic N) is 1. The van der Waals surface area contributed by atoms with Crippen LogP contribution in [-0.2, 0) is 0 Å². The molecule has 1 heterocycles. The molecule has 1 atom stereocenters. The fourth-order valence-corrected chi connectivity index (χ4v) is 3.16. The summed E-state index contributed by atoms with van der Waals surface area (Å²) in [5, 5.41) is 3.82. The van der Waals surface area contributed by atoms with Gasteiger partial charge in [0, 0.05) is 36.8 Å². The number of hydrogen-bond donors (Lipinski definition) is 1. The van der Waals surface area contributed by atoms with Crippen molar-refractivity contribution in [2.75, 3.05) is 19.6 Å². The van der Waals surface area contributed by atoms with Crippen LogP contribution in [0.4, 0.5) is 0 Å². The van der Waals surface area contributed by atoms with Crippen molar-refractivity contribution in [2.45, 2.75) is 66.0 Å². The monoisotopic (exact) mass is 286 g/mol. The third-order valence-corrected chi connectivity index (χ3v) is 4.98. The summed E-state index contributed by atoms with van der Waals surface area (Å²) < 4.78 is 0. The minimum atomic E-state index is 0.272. The summed E-state index contributed by atoms with van der Waals surface area (Å²) in [6.45, 7) is 16.9. The highest BCUT2D eigenvalue weighted by Gasteiger charge is 2.40. The van der Waals surface area contributed by atoms with E-state index in [0.717, 1.165) is 19.6 Å². The Morgan fingerprint density at radius 1 is 1.37 bits per heavy atom. The maximum Gasteiger partial charge on any atom is 0.0304 e. The van der Waals surface area contributed by atoms with Crippen LogP contribution in [0.1, 0.15) is 54.4 Å². The highest BCUT2D eigenvalue weighted by molar-refractivity contribution is 6.25. The minimum Gasteiger partial charge on any atom is -0.308 e. The summed E-state index contributed by atoms with van der Waals surface area (Å²) in [5.74, 6) is 0. The SMILES string of the molecule is CCC1(CC)CN(CC(C)=CCl)C(C(C)(C)C)CN1. The Balaban J connectivity index is 2.92. The maximum absolute atomic E-state index is 5.87. The molecule has 1 aliphatic heterocycles. The van der Waals surface area contributed by atoms with Gasteiger partial charge in [0.1, 0.15) is 0 Å². The topological polar surface area (TPSA) is 15.3 Å². The van der Waals surface area contributed by atoms with Crippen LogP contribution >= 0.6 is 11.6 Å². The van der Waals surface area contributed by atoms with E-state index in [2.05, 4.69) is 51.8 Å². The first-order chi connectivity index (χ1) is 8.78. The molecule has 2 nitrogen and oxygen atoms in total. The van der Waals surface area contributed by atoms with Gasteiger partial charge in [0.15, 0.2) is 0 Å². The van der Waals surface area contributed by atoms with Crippen LogP contribution < -0.4 is 5.32 Å². The highest BCUT2D eigenvalue weighted by Crippen LogP contribution is 2.31. The van der Waals surface area contributed by atoms with Crippen molar-refractivity contribution in [3.8, 4) is 0 Å². The summed E-state index contributed by atoms with van der Waals surface area (Å²) in [7, 11) is 0. The maximum atomic E-state index is 5.87. The predicted molar refractivity (Wildman–Crippen MR) is 85.7 cm³/mol. The Labute approximate surface area is 124 Å². The first-order valence-corrected chi connectivity index (χ1v) is 7.96. The van der Waals surface area contributed by atoms with Crippen molar-refractivity contribution in [1.82, 2.24) is 10.2 Å². The van der Waals surface area contributed by atoms with E-state index in [1.54, 1.807) is 5.54 Å². The van der Waals surface area contributed by atoms with Gasteiger partial charge in [0.2, 0.25) is 0 Å². The Morgan fingerprint density at radius 2 is 1.95 bits per heavy atom. The van der Waals surface area contributed by atoms with Crippen LogP contribution in [0.5, 0.6) is 0 Å². The van der Waals surface area contributed by atoms with Crippen molar-refractivity contribution in [3.05, 3.63) is 11.1 Å². The summed E-state index contributed by atoms with van der Waals surface area (Å²) in [4.78, 5) is 2.62. The smallest absolute Gasteiger partial charge is 0.0304 e. The second-order valence-electron chi connectivity index (χ2n) is 7.11. The molecule has 0 bridgehead atoms. The Kier molecular flexibility index (Phi) is 5.91. The zero-order chi connectivity index (χ0) is 14.7. The lowest BCUT2D eigenvalue weighted by molar-refractivity contribution is 0.0256. The molecule has 0 amide bonds. The Morgan fingerprint density at radius 3 is 2.37 bits per heavy atom. The van der Waals surface area contributed by atoms with E-state index in [1.807, 2.05) is 0 Å². The van der Waals surface area contributed by atoms with Gasteiger partial charge in [0.25, 0.3) is 0 Å². The standard InChI is InChI=1S/C16H31ClN2/c1-7-16(8-2)12-19(11-13(3)9-17)14(10-18-16)15(4,5)6/h9,14,18H,7-8,10-12H2,1-6H3. The molecule has 3 heteroatoms. The van der Waals surface area contributed by atoms with Gasteiger partial charge in [-0.1, -0.05) is 46.2 Å². The first kappa shape index (κ1) is 17.0. The van der Waals surface area contributed by atoms with Gasteiger partial charge in [-0.3, -0.25) is 4.90 Å². The molecule has 0 aliphatic carbocycles. The molecule has 0 aromatic rings. The fourth-order valence-electron chi connectivity index (χ4n) is 3.10. The molecule has 1 unspecified atom stereocenters. The molecular formula is C16H31ClN2. The van der Waals surface area contributed by atoms with Gasteiger partial charge in [-0.25, -0.2) is 0 Å². The molecule has 1 saturated heterocycles. The van der Waals surface area contributed by atoms with Crippen molar-refractivity contribution in [1.29, 1.82) is 0 Å². The molecule has 0 radical (unpaired) electrons. The fraction of sp³-hybridized carbons (Fsp3) is 0.875. The zero-order valence-electron chi connectivity index (χ0n) is 13.5. The number of halogens is 1. The quantitative estimate of drug-likeness (QED) is 0.840. The third kappa shape index (κ3) is 4.21. The first-order valence-electron chi connectivity index (χ1n) is 7.53. The summed E-state index contributed by atoms with van der Waals surface area (Å²) >= 11 is 5.87. The molecule has 0 spiro atoms. The molecule has 19 heavy (non-hydrogen) atoms. The number of piperazine rings is 1. The third-order valence-electron chi connectivity index (χ3n) is 4.61. The Bertz CT molecular complexity index is 313. The molecule has 0 aromatic carbocycles. The molecule has 0 saturated carbocycles. The summed E-state index contributed by atoms with van der Waals surface area (Å²) in [6, 6.07) is 0.560. The molecule has 1 rings (SSSR count). The lowest BCUT2D eigenvalue weighted by atomic mass is 9.80. The molecule has 112 valence electrons. The lowest BCUT2D eigenvalue weighted by Crippen LogP contribution is -2.66. The van der Waals surface area contributed by atoms with Crippen LogP contribution in [0, 0.1) is 5.41 Å². The molecule has 0 aromatic heterocycles. The van der Waals surface area contributed by atoms with Crippen molar-refractivity contribution in [2.24, 2.45) is 5.41 Å². The summed E-state index contributed by atoms with van der Waals surface area (Å²) in [6.07, 6.45) is 2.36. The summed E-state index contributed by atoms with van der Waals surface area (Å²) in [5.41, 5.74) is 3.53. The van der Waals surface area contributed by atoms with Gasteiger partial charge >= 0.3 is 0 Å². The van der Waals surface area contributed by atoms with E-state index < -0.39 is 0 Å². The lowest BCUT2D eigenvalue weighted by Gasteiger charge is -2.51. The van der Waals surface area contributed by atoms with Crippen LogP contribution in [0.15, 0.2) is 11.1 Å². The minimum absolute atomic E-state index is 0.272. The van der Waals surface area contributed by atoms with Gasteiger partial charge < -0.3 is 5.32 Å². The van der Waals surface area contributed by atoms with Crippen LogP contribution in [0.3, 0.4) is 0 Å². The van der Waals surface area contributed by atoms with Crippen LogP contribution in [0.25, 0.3) is 0 Å². The molecular weight excluding hydrogens is 256 g/mol. The van der Waals surface area contributed by atoms with E-state index in [-0.39, 0.29) is 11.0 Å². The van der Waals surface area contributed by atoms with E-state index in [1.165, 1.54) is 18.4 Å². The van der Waals surface area contributed by atoms with Crippen molar-refractivity contribution in [3.63, 3.8) is 0 Å². The van der Waals surface area contributed by atoms with Crippen molar-refractivity contribution >= 4 is 11.6 Å². The van der Waals surface area contributed by atoms with E-state index in [4.69, 9.17) is 11.6 Å². The highest BCUT2D eigenvalue weighted by atomic mass is 35.5. The van der Waals surface area contributed by atoms with E-state index >= 15 is 0 Å². The second kappa shape index (κ2) is 6.60. The van der Waals surface area contributed by atoms with Crippen LogP contribution in [-0.4, -0.2) is 36.1 Å². The van der Waals surface area contributed by atoms with Gasteiger partial charge in [-0.2, -0.15) is 0 Å². The van der Waals surface area contributed by atoms with Gasteiger partial charge in [-0.05, 0) is 30.8 Å². The molecule has 1 N–H and O–H groups in total. The van der Waals surface area contributed by atoms with Gasteiger partial charge in [-0.15, -0.1) is 0 Å². The Hall–Kier alpha value is -0.0500. The second-order valence-corrected chi connectivity index (χ2v) is 7.33. The van der Waals surface area contributed by atoms with E-state index in [9.17, 15) is 0 Å². The number of nitrogens with one attached hydrogen (secondary N) is 1.